The van der Waals surface area contributed by atoms with Crippen molar-refractivity contribution in [3.8, 4) is 0 Å². The van der Waals surface area contributed by atoms with E-state index in [9.17, 15) is 20.1 Å². The van der Waals surface area contributed by atoms with E-state index in [1.807, 2.05) is 36.4 Å². The lowest BCUT2D eigenvalue weighted by Gasteiger charge is -2.40. The van der Waals surface area contributed by atoms with Crippen LogP contribution >= 0.6 is 0 Å². The Morgan fingerprint density at radius 2 is 1.75 bits per heavy atom. The van der Waals surface area contributed by atoms with E-state index < -0.39 is 24.4 Å². The van der Waals surface area contributed by atoms with Gasteiger partial charge >= 0.3 is 0 Å². The molecule has 2 aromatic rings. The highest BCUT2D eigenvalue weighted by atomic mass is 16.4. The van der Waals surface area contributed by atoms with Crippen molar-refractivity contribution in [2.24, 2.45) is 0 Å². The van der Waals surface area contributed by atoms with Crippen LogP contribution in [0, 0.1) is 0 Å². The Morgan fingerprint density at radius 3 is 2.50 bits per heavy atom. The van der Waals surface area contributed by atoms with Crippen molar-refractivity contribution in [2.75, 3.05) is 6.54 Å². The maximum absolute atomic E-state index is 12.3. The zero-order chi connectivity index (χ0) is 17.3. The van der Waals surface area contributed by atoms with Crippen molar-refractivity contribution in [1.82, 2.24) is 10.6 Å². The molecule has 0 bridgehead atoms. The van der Waals surface area contributed by atoms with Gasteiger partial charge in [0.2, 0.25) is 0 Å². The van der Waals surface area contributed by atoms with Crippen molar-refractivity contribution in [3.05, 3.63) is 48.0 Å². The van der Waals surface area contributed by atoms with Crippen LogP contribution in [0.15, 0.2) is 42.5 Å². The highest BCUT2D eigenvalue weighted by molar-refractivity contribution is 5.98. The molecule has 128 valence electrons. The number of aliphatic hydroxyl groups is 3. The minimum Gasteiger partial charge on any atom is -0.389 e. The number of amides is 1. The van der Waals surface area contributed by atoms with Gasteiger partial charge in [-0.2, -0.15) is 0 Å². The van der Waals surface area contributed by atoms with Gasteiger partial charge in [-0.05, 0) is 29.8 Å². The Kier molecular flexibility index (Phi) is 4.82. The molecule has 5 N–H and O–H groups in total. The van der Waals surface area contributed by atoms with E-state index >= 15 is 0 Å². The molecule has 6 heteroatoms. The molecule has 1 fully saturated rings. The molecule has 0 aliphatic carbocycles. The minimum atomic E-state index is -1.23. The number of carbonyl (C=O) groups is 1. The third kappa shape index (κ3) is 3.27. The first-order valence-corrected chi connectivity index (χ1v) is 8.04. The van der Waals surface area contributed by atoms with E-state index in [4.69, 9.17) is 0 Å². The molecular weight excluding hydrogens is 308 g/mol. The number of hydrogen-bond acceptors (Lipinski definition) is 5. The topological polar surface area (TPSA) is 102 Å². The first-order chi connectivity index (χ1) is 11.5. The van der Waals surface area contributed by atoms with E-state index in [0.29, 0.717) is 5.56 Å². The molecule has 0 aromatic heterocycles. The van der Waals surface area contributed by atoms with Crippen molar-refractivity contribution in [3.63, 3.8) is 0 Å². The number of fused-ring (bicyclic) bond motifs is 1. The van der Waals surface area contributed by atoms with Crippen LogP contribution in [0.1, 0.15) is 17.3 Å². The van der Waals surface area contributed by atoms with Crippen LogP contribution in [0.3, 0.4) is 0 Å². The average Bonchev–Trinajstić information content (AvgIpc) is 2.61. The van der Waals surface area contributed by atoms with Gasteiger partial charge in [-0.15, -0.1) is 0 Å². The lowest BCUT2D eigenvalue weighted by molar-refractivity contribution is -0.109. The number of rotatable bonds is 3. The van der Waals surface area contributed by atoms with Gasteiger partial charge in [0, 0.05) is 18.2 Å². The summed E-state index contributed by atoms with van der Waals surface area (Å²) in [5.41, 5.74) is 0.535. The average molecular weight is 330 g/mol. The van der Waals surface area contributed by atoms with Crippen LogP contribution in [0.4, 0.5) is 0 Å². The Labute approximate surface area is 140 Å². The summed E-state index contributed by atoms with van der Waals surface area (Å²) in [6, 6.07) is 12.3. The minimum absolute atomic E-state index is 0.154. The van der Waals surface area contributed by atoms with Crippen LogP contribution in [0.5, 0.6) is 0 Å². The summed E-state index contributed by atoms with van der Waals surface area (Å²) in [4.78, 5) is 12.3. The lowest BCUT2D eigenvalue weighted by atomic mass is 9.91. The second-order valence-electron chi connectivity index (χ2n) is 6.31. The molecule has 1 aliphatic rings. The van der Waals surface area contributed by atoms with Crippen molar-refractivity contribution in [2.45, 2.75) is 37.3 Å². The lowest BCUT2D eigenvalue weighted by Crippen LogP contribution is -2.66. The summed E-state index contributed by atoms with van der Waals surface area (Å²) in [7, 11) is 0. The van der Waals surface area contributed by atoms with Crippen molar-refractivity contribution < 1.29 is 20.1 Å². The molecule has 0 radical (unpaired) electrons. The number of nitrogens with one attached hydrogen (secondary N) is 2. The molecule has 24 heavy (non-hydrogen) atoms. The quantitative estimate of drug-likeness (QED) is 0.546. The monoisotopic (exact) mass is 330 g/mol. The SMILES string of the molecule is C[C@@H]1N[C@H](CNC(=O)c2ccc3ccccc3c2)[C@@H](O)[C@H](O)[C@@H]1O. The fourth-order valence-electron chi connectivity index (χ4n) is 3.09. The first-order valence-electron chi connectivity index (χ1n) is 8.04. The summed E-state index contributed by atoms with van der Waals surface area (Å²) in [6.45, 7) is 1.87. The molecule has 0 spiro atoms. The normalized spacial score (nSPS) is 30.2. The molecule has 0 saturated carbocycles. The molecule has 1 saturated heterocycles. The largest absolute Gasteiger partial charge is 0.389 e. The molecule has 0 unspecified atom stereocenters. The third-order valence-electron chi connectivity index (χ3n) is 4.60. The van der Waals surface area contributed by atoms with Crippen LogP contribution in [-0.4, -0.2) is 58.2 Å². The Bertz CT molecular complexity index is 736. The van der Waals surface area contributed by atoms with Gasteiger partial charge in [0.15, 0.2) is 0 Å². The molecule has 3 rings (SSSR count). The number of carbonyl (C=O) groups excluding carboxylic acids is 1. The summed E-state index contributed by atoms with van der Waals surface area (Å²) < 4.78 is 0. The predicted molar refractivity (Wildman–Crippen MR) is 90.7 cm³/mol. The Morgan fingerprint density at radius 1 is 1.04 bits per heavy atom. The van der Waals surface area contributed by atoms with Crippen molar-refractivity contribution >= 4 is 16.7 Å². The maximum Gasteiger partial charge on any atom is 0.251 e. The Balaban J connectivity index is 1.66. The molecule has 6 nitrogen and oxygen atoms in total. The van der Waals surface area contributed by atoms with E-state index in [1.165, 1.54) is 0 Å². The Hall–Kier alpha value is -1.99. The summed E-state index contributed by atoms with van der Waals surface area (Å²) in [5.74, 6) is -0.247. The summed E-state index contributed by atoms with van der Waals surface area (Å²) in [6.07, 6.45) is -3.41. The summed E-state index contributed by atoms with van der Waals surface area (Å²) in [5, 5.41) is 37.4. The van der Waals surface area contributed by atoms with Gasteiger partial charge in [-0.1, -0.05) is 30.3 Å². The fourth-order valence-corrected chi connectivity index (χ4v) is 3.09. The molecule has 2 aromatic carbocycles. The number of benzene rings is 2. The van der Waals surface area contributed by atoms with E-state index in [-0.39, 0.29) is 18.5 Å². The number of hydrogen-bond donors (Lipinski definition) is 5. The first kappa shape index (κ1) is 16.9. The van der Waals surface area contributed by atoms with Crippen molar-refractivity contribution in [1.29, 1.82) is 0 Å². The molecule has 1 amide bonds. The third-order valence-corrected chi connectivity index (χ3v) is 4.60. The highest BCUT2D eigenvalue weighted by Gasteiger charge is 2.40. The molecule has 1 heterocycles. The van der Waals surface area contributed by atoms with E-state index in [1.54, 1.807) is 13.0 Å². The zero-order valence-corrected chi connectivity index (χ0v) is 13.4. The van der Waals surface area contributed by atoms with Crippen LogP contribution in [-0.2, 0) is 0 Å². The molecule has 5 atom stereocenters. The number of aliphatic hydroxyl groups excluding tert-OH is 3. The van der Waals surface area contributed by atoms with Gasteiger partial charge in [0.25, 0.3) is 5.91 Å². The smallest absolute Gasteiger partial charge is 0.251 e. The highest BCUT2D eigenvalue weighted by Crippen LogP contribution is 2.17. The predicted octanol–water partition coefficient (Wildman–Crippen LogP) is 0.0126. The van der Waals surface area contributed by atoms with Gasteiger partial charge in [-0.25, -0.2) is 0 Å². The molecular formula is C18H22N2O4. The number of piperidine rings is 1. The van der Waals surface area contributed by atoms with Crippen LogP contribution in [0.25, 0.3) is 10.8 Å². The van der Waals surface area contributed by atoms with Crippen LogP contribution in [0.2, 0.25) is 0 Å². The van der Waals surface area contributed by atoms with E-state index in [0.717, 1.165) is 10.8 Å². The fraction of sp³-hybridized carbons (Fsp3) is 0.389. The second kappa shape index (κ2) is 6.86. The maximum atomic E-state index is 12.3. The molecule has 1 aliphatic heterocycles. The van der Waals surface area contributed by atoms with Gasteiger partial charge in [0.05, 0.1) is 18.2 Å². The van der Waals surface area contributed by atoms with E-state index in [2.05, 4.69) is 10.6 Å². The van der Waals surface area contributed by atoms with Gasteiger partial charge in [0.1, 0.15) is 6.10 Å². The van der Waals surface area contributed by atoms with Gasteiger partial charge < -0.3 is 26.0 Å². The standard InChI is InChI=1S/C18H22N2O4/c1-10-15(21)17(23)16(22)14(20-10)9-19-18(24)13-7-6-11-4-2-3-5-12(11)8-13/h2-8,10,14-17,20-23H,9H2,1H3,(H,19,24)/t10-,14+,15+,16+,17+/m0/s1. The second-order valence-corrected chi connectivity index (χ2v) is 6.31. The van der Waals surface area contributed by atoms with Gasteiger partial charge in [-0.3, -0.25) is 4.79 Å². The zero-order valence-electron chi connectivity index (χ0n) is 13.4. The van der Waals surface area contributed by atoms with Crippen LogP contribution < -0.4 is 10.6 Å². The summed E-state index contributed by atoms with van der Waals surface area (Å²) >= 11 is 0.